The number of ether oxygens (including phenoxy) is 1. The van der Waals surface area contributed by atoms with Crippen molar-refractivity contribution in [1.82, 2.24) is 0 Å². The molecule has 2 amide bonds. The standard InChI is InChI=1S/C15H16N2O4S2/c1-3-21-15(20)11-8(2)12(13(16)19)23-14(11)17-10(18)7-9-5-4-6-22-9/h4-6H,3,7H2,1-2H3,(H2,16,19)(H,17,18). The van der Waals surface area contributed by atoms with Crippen LogP contribution >= 0.6 is 22.7 Å². The summed E-state index contributed by atoms with van der Waals surface area (Å²) in [6.45, 7) is 3.49. The van der Waals surface area contributed by atoms with E-state index in [0.717, 1.165) is 16.2 Å². The molecule has 2 rings (SSSR count). The highest BCUT2D eigenvalue weighted by Crippen LogP contribution is 2.33. The maximum absolute atomic E-state index is 12.1. The van der Waals surface area contributed by atoms with E-state index in [2.05, 4.69) is 5.32 Å². The van der Waals surface area contributed by atoms with E-state index in [9.17, 15) is 14.4 Å². The molecule has 0 saturated heterocycles. The Morgan fingerprint density at radius 2 is 2.09 bits per heavy atom. The van der Waals surface area contributed by atoms with Crippen molar-refractivity contribution in [2.45, 2.75) is 20.3 Å². The molecule has 3 N–H and O–H groups in total. The average molecular weight is 352 g/mol. The number of primary amides is 1. The van der Waals surface area contributed by atoms with Crippen LogP contribution < -0.4 is 11.1 Å². The fourth-order valence-electron chi connectivity index (χ4n) is 2.03. The largest absolute Gasteiger partial charge is 0.462 e. The zero-order chi connectivity index (χ0) is 17.0. The maximum Gasteiger partial charge on any atom is 0.341 e. The van der Waals surface area contributed by atoms with E-state index in [1.165, 1.54) is 11.3 Å². The monoisotopic (exact) mass is 352 g/mol. The van der Waals surface area contributed by atoms with Crippen LogP contribution in [-0.2, 0) is 16.0 Å². The van der Waals surface area contributed by atoms with Crippen LogP contribution in [0.2, 0.25) is 0 Å². The number of esters is 1. The van der Waals surface area contributed by atoms with Gasteiger partial charge in [0.1, 0.15) is 5.00 Å². The first-order valence-electron chi connectivity index (χ1n) is 6.86. The Kier molecular flexibility index (Phi) is 5.51. The summed E-state index contributed by atoms with van der Waals surface area (Å²) in [6.07, 6.45) is 0.197. The summed E-state index contributed by atoms with van der Waals surface area (Å²) >= 11 is 2.46. The molecule has 0 aliphatic carbocycles. The number of amides is 2. The van der Waals surface area contributed by atoms with Gasteiger partial charge >= 0.3 is 5.97 Å². The van der Waals surface area contributed by atoms with Crippen molar-refractivity contribution in [2.75, 3.05) is 11.9 Å². The minimum Gasteiger partial charge on any atom is -0.462 e. The van der Waals surface area contributed by atoms with Gasteiger partial charge in [-0.3, -0.25) is 9.59 Å². The van der Waals surface area contributed by atoms with Gasteiger partial charge in [-0.2, -0.15) is 0 Å². The minimum absolute atomic E-state index is 0.185. The summed E-state index contributed by atoms with van der Waals surface area (Å²) in [7, 11) is 0. The summed E-state index contributed by atoms with van der Waals surface area (Å²) in [5.41, 5.74) is 5.93. The number of thiophene rings is 2. The van der Waals surface area contributed by atoms with E-state index in [1.807, 2.05) is 17.5 Å². The van der Waals surface area contributed by atoms with Crippen molar-refractivity contribution in [3.8, 4) is 0 Å². The topological polar surface area (TPSA) is 98.5 Å². The Labute approximate surface area is 141 Å². The summed E-state index contributed by atoms with van der Waals surface area (Å²) < 4.78 is 5.00. The molecule has 2 heterocycles. The zero-order valence-corrected chi connectivity index (χ0v) is 14.3. The van der Waals surface area contributed by atoms with Gasteiger partial charge in [0.15, 0.2) is 0 Å². The molecule has 0 radical (unpaired) electrons. The van der Waals surface area contributed by atoms with Gasteiger partial charge in [-0.25, -0.2) is 4.79 Å². The highest BCUT2D eigenvalue weighted by atomic mass is 32.1. The molecule has 0 bridgehead atoms. The smallest absolute Gasteiger partial charge is 0.341 e. The van der Waals surface area contributed by atoms with Crippen LogP contribution in [-0.4, -0.2) is 24.4 Å². The number of anilines is 1. The lowest BCUT2D eigenvalue weighted by atomic mass is 10.1. The van der Waals surface area contributed by atoms with Gasteiger partial charge in [-0.1, -0.05) is 6.07 Å². The Bertz CT molecular complexity index is 735. The predicted octanol–water partition coefficient (Wildman–Crippen LogP) is 2.57. The van der Waals surface area contributed by atoms with Crippen molar-refractivity contribution < 1.29 is 19.1 Å². The molecule has 0 spiro atoms. The van der Waals surface area contributed by atoms with Gasteiger partial charge in [0.25, 0.3) is 5.91 Å². The Hall–Kier alpha value is -2.19. The number of rotatable bonds is 6. The Balaban J connectivity index is 2.28. The van der Waals surface area contributed by atoms with Gasteiger partial charge < -0.3 is 15.8 Å². The summed E-state index contributed by atoms with van der Waals surface area (Å²) in [5.74, 6) is -1.49. The number of hydrogen-bond donors (Lipinski definition) is 2. The van der Waals surface area contributed by atoms with Gasteiger partial charge in [-0.05, 0) is 30.9 Å². The fraction of sp³-hybridized carbons (Fsp3) is 0.267. The van der Waals surface area contributed by atoms with Crippen LogP contribution in [0.25, 0.3) is 0 Å². The minimum atomic E-state index is -0.642. The average Bonchev–Trinajstić information content (AvgIpc) is 3.07. The molecule has 0 unspecified atom stereocenters. The van der Waals surface area contributed by atoms with Crippen LogP contribution in [0.5, 0.6) is 0 Å². The van der Waals surface area contributed by atoms with Crippen LogP contribution in [0.3, 0.4) is 0 Å². The molecule has 0 atom stereocenters. The quantitative estimate of drug-likeness (QED) is 0.781. The third-order valence-corrected chi connectivity index (χ3v) is 5.12. The van der Waals surface area contributed by atoms with Crippen LogP contribution in [0.4, 0.5) is 5.00 Å². The Morgan fingerprint density at radius 1 is 1.35 bits per heavy atom. The number of nitrogens with two attached hydrogens (primary N) is 1. The number of hydrogen-bond acceptors (Lipinski definition) is 6. The Morgan fingerprint density at radius 3 is 2.65 bits per heavy atom. The summed E-state index contributed by atoms with van der Waals surface area (Å²) in [6, 6.07) is 3.71. The first-order valence-corrected chi connectivity index (χ1v) is 8.56. The van der Waals surface area contributed by atoms with Gasteiger partial charge in [0.2, 0.25) is 5.91 Å². The van der Waals surface area contributed by atoms with Crippen molar-refractivity contribution in [3.63, 3.8) is 0 Å². The second-order valence-corrected chi connectivity index (χ2v) is 6.70. The molecular weight excluding hydrogens is 336 g/mol. The highest BCUT2D eigenvalue weighted by molar-refractivity contribution is 7.18. The molecule has 23 heavy (non-hydrogen) atoms. The molecule has 0 aromatic carbocycles. The molecule has 0 aliphatic heterocycles. The second-order valence-electron chi connectivity index (χ2n) is 4.65. The molecule has 122 valence electrons. The summed E-state index contributed by atoms with van der Waals surface area (Å²) in [4.78, 5) is 36.9. The molecule has 0 fully saturated rings. The molecule has 6 nitrogen and oxygen atoms in total. The van der Waals surface area contributed by atoms with Gasteiger partial charge in [0.05, 0.1) is 23.5 Å². The van der Waals surface area contributed by atoms with Gasteiger partial charge in [0, 0.05) is 4.88 Å². The van der Waals surface area contributed by atoms with E-state index >= 15 is 0 Å². The number of carbonyl (C=O) groups excluding carboxylic acids is 3. The molecule has 8 heteroatoms. The molecule has 0 saturated carbocycles. The van der Waals surface area contributed by atoms with E-state index in [0.29, 0.717) is 5.56 Å². The van der Waals surface area contributed by atoms with E-state index in [4.69, 9.17) is 10.5 Å². The van der Waals surface area contributed by atoms with Crippen molar-refractivity contribution in [2.24, 2.45) is 5.73 Å². The molecule has 0 aliphatic rings. The number of nitrogens with one attached hydrogen (secondary N) is 1. The molecular formula is C15H16N2O4S2. The molecule has 2 aromatic heterocycles. The fourth-order valence-corrected chi connectivity index (χ4v) is 3.79. The third kappa shape index (κ3) is 3.96. The van der Waals surface area contributed by atoms with Crippen molar-refractivity contribution >= 4 is 45.5 Å². The first-order chi connectivity index (χ1) is 10.9. The first kappa shape index (κ1) is 17.2. The third-order valence-electron chi connectivity index (χ3n) is 3.02. The van der Waals surface area contributed by atoms with Crippen LogP contribution in [0.15, 0.2) is 17.5 Å². The second kappa shape index (κ2) is 7.38. The lowest BCUT2D eigenvalue weighted by Crippen LogP contribution is -2.16. The van der Waals surface area contributed by atoms with Crippen LogP contribution in [0.1, 0.15) is 37.4 Å². The normalized spacial score (nSPS) is 10.3. The zero-order valence-electron chi connectivity index (χ0n) is 12.7. The van der Waals surface area contributed by atoms with E-state index in [-0.39, 0.29) is 34.4 Å². The SMILES string of the molecule is CCOC(=O)c1c(NC(=O)Cc2cccs2)sc(C(N)=O)c1C. The lowest BCUT2D eigenvalue weighted by Gasteiger charge is -2.06. The highest BCUT2D eigenvalue weighted by Gasteiger charge is 2.25. The summed E-state index contributed by atoms with van der Waals surface area (Å²) in [5, 5.41) is 4.85. The molecule has 2 aromatic rings. The number of carbonyl (C=O) groups is 3. The van der Waals surface area contributed by atoms with Gasteiger partial charge in [-0.15, -0.1) is 22.7 Å². The maximum atomic E-state index is 12.1. The van der Waals surface area contributed by atoms with Crippen molar-refractivity contribution in [1.29, 1.82) is 0 Å². The van der Waals surface area contributed by atoms with Crippen LogP contribution in [0, 0.1) is 6.92 Å². The lowest BCUT2D eigenvalue weighted by molar-refractivity contribution is -0.115. The van der Waals surface area contributed by atoms with E-state index < -0.39 is 11.9 Å². The predicted molar refractivity (Wildman–Crippen MR) is 90.2 cm³/mol. The van der Waals surface area contributed by atoms with E-state index in [1.54, 1.807) is 13.8 Å². The van der Waals surface area contributed by atoms with Crippen molar-refractivity contribution in [3.05, 3.63) is 38.4 Å².